The van der Waals surface area contributed by atoms with Gasteiger partial charge in [0.2, 0.25) is 0 Å². The molecule has 0 radical (unpaired) electrons. The molecule has 0 saturated heterocycles. The number of ether oxygens (including phenoxy) is 2. The van der Waals surface area contributed by atoms with Crippen LogP contribution in [0.5, 0.6) is 0 Å². The monoisotopic (exact) mass is 561 g/mol. The molecular weight excluding hydrogens is 530 g/mol. The Kier molecular flexibility index (Phi) is 7.79. The van der Waals surface area contributed by atoms with Crippen LogP contribution in [0.25, 0.3) is 44.1 Å². The maximum Gasteiger partial charge on any atom is 0.357 e. The summed E-state index contributed by atoms with van der Waals surface area (Å²) in [6.45, 7) is 3.09. The van der Waals surface area contributed by atoms with Crippen molar-refractivity contribution in [2.45, 2.75) is 13.7 Å². The topological polar surface area (TPSA) is 92.0 Å². The number of benzene rings is 1. The van der Waals surface area contributed by atoms with Crippen LogP contribution in [0.3, 0.4) is 0 Å². The lowest BCUT2D eigenvalue weighted by Crippen LogP contribution is -2.10. The van der Waals surface area contributed by atoms with Crippen molar-refractivity contribution in [3.63, 3.8) is 0 Å². The SMILES string of the molecule is COC(=O)c1csc(-c2cnc3ccc(-c4ncn(COCCS(C)(C)C)c4-c4cccc(C)n4)cc3c2)n1. The number of fused-ring (bicyclic) bond motifs is 1. The van der Waals surface area contributed by atoms with Crippen LogP contribution in [0, 0.1) is 6.92 Å². The van der Waals surface area contributed by atoms with E-state index >= 15 is 0 Å². The number of aryl methyl sites for hydroxylation is 1. The second-order valence-corrected chi connectivity index (χ2v) is 15.5. The van der Waals surface area contributed by atoms with E-state index in [0.29, 0.717) is 24.0 Å². The number of aromatic nitrogens is 5. The number of thiazole rings is 1. The third kappa shape index (κ3) is 6.19. The first-order chi connectivity index (χ1) is 18.7. The van der Waals surface area contributed by atoms with Gasteiger partial charge in [-0.1, -0.05) is 12.1 Å². The number of carbonyl (C=O) groups is 1. The Morgan fingerprint density at radius 2 is 1.87 bits per heavy atom. The molecular formula is C29H31N5O3S2. The van der Waals surface area contributed by atoms with Crippen LogP contribution in [0.2, 0.25) is 0 Å². The number of methoxy groups -OCH3 is 1. The lowest BCUT2D eigenvalue weighted by molar-refractivity contribution is 0.0595. The standard InChI is InChI=1S/C29H31N5O3S2/c1-19-7-6-8-24(32-19)27-26(31-17-34(27)18-37-11-12-39(3,4)5)20-9-10-23-21(13-20)14-22(15-30-23)28-33-25(16-38-28)29(35)36-2/h6-10,13-17H,11-12,18H2,1-5H3. The molecule has 0 bridgehead atoms. The summed E-state index contributed by atoms with van der Waals surface area (Å²) in [5.41, 5.74) is 6.45. The van der Waals surface area contributed by atoms with E-state index in [4.69, 9.17) is 19.4 Å². The van der Waals surface area contributed by atoms with Gasteiger partial charge in [-0.05, 0) is 56.0 Å². The first-order valence-electron chi connectivity index (χ1n) is 12.4. The van der Waals surface area contributed by atoms with Crippen molar-refractivity contribution in [2.24, 2.45) is 0 Å². The maximum absolute atomic E-state index is 11.9. The molecule has 0 aliphatic rings. The van der Waals surface area contributed by atoms with Crippen molar-refractivity contribution in [3.05, 3.63) is 71.8 Å². The molecule has 1 aromatic carbocycles. The molecule has 202 valence electrons. The van der Waals surface area contributed by atoms with E-state index in [1.165, 1.54) is 18.4 Å². The molecule has 0 aliphatic heterocycles. The minimum absolute atomic E-state index is 0.290. The second kappa shape index (κ2) is 11.3. The van der Waals surface area contributed by atoms with Crippen molar-refractivity contribution in [1.82, 2.24) is 24.5 Å². The van der Waals surface area contributed by atoms with Crippen LogP contribution in [0.15, 0.2) is 60.4 Å². The van der Waals surface area contributed by atoms with Crippen molar-refractivity contribution in [2.75, 3.05) is 38.2 Å². The van der Waals surface area contributed by atoms with Crippen LogP contribution >= 0.6 is 21.4 Å². The van der Waals surface area contributed by atoms with Gasteiger partial charge >= 0.3 is 5.97 Å². The van der Waals surface area contributed by atoms with Gasteiger partial charge < -0.3 is 14.0 Å². The summed E-state index contributed by atoms with van der Waals surface area (Å²) >= 11 is 1.38. The molecule has 0 atom stereocenters. The minimum Gasteiger partial charge on any atom is -0.464 e. The van der Waals surface area contributed by atoms with Gasteiger partial charge in [0.15, 0.2) is 5.69 Å². The summed E-state index contributed by atoms with van der Waals surface area (Å²) in [6, 6.07) is 14.1. The summed E-state index contributed by atoms with van der Waals surface area (Å²) in [7, 11) is 0.721. The Balaban J connectivity index is 1.51. The average Bonchev–Trinajstić information content (AvgIpc) is 3.57. The molecule has 5 aromatic rings. The zero-order chi connectivity index (χ0) is 27.6. The minimum atomic E-state index is -0.628. The number of hydrogen-bond acceptors (Lipinski definition) is 8. The lowest BCUT2D eigenvalue weighted by Gasteiger charge is -2.24. The third-order valence-electron chi connectivity index (χ3n) is 6.14. The van der Waals surface area contributed by atoms with Gasteiger partial charge in [-0.25, -0.2) is 24.8 Å². The summed E-state index contributed by atoms with van der Waals surface area (Å²) in [5, 5.41) is 3.35. The van der Waals surface area contributed by atoms with E-state index in [-0.39, 0.29) is 0 Å². The van der Waals surface area contributed by atoms with Gasteiger partial charge in [0.1, 0.15) is 11.7 Å². The Hall–Kier alpha value is -3.60. The predicted octanol–water partition coefficient (Wildman–Crippen LogP) is 6.05. The molecule has 0 saturated carbocycles. The number of hydrogen-bond donors (Lipinski definition) is 0. The molecule has 0 N–H and O–H groups in total. The van der Waals surface area contributed by atoms with Gasteiger partial charge in [0.05, 0.1) is 42.6 Å². The normalized spacial score (nSPS) is 12.1. The van der Waals surface area contributed by atoms with Crippen molar-refractivity contribution in [3.8, 4) is 33.2 Å². The van der Waals surface area contributed by atoms with Crippen LogP contribution in [-0.2, 0) is 16.2 Å². The number of carbonyl (C=O) groups excluding carboxylic acids is 1. The van der Waals surface area contributed by atoms with E-state index in [1.807, 2.05) is 54.2 Å². The summed E-state index contributed by atoms with van der Waals surface area (Å²) < 4.78 is 12.9. The summed E-state index contributed by atoms with van der Waals surface area (Å²) in [5.74, 6) is 0.595. The molecule has 39 heavy (non-hydrogen) atoms. The molecule has 8 nitrogen and oxygen atoms in total. The highest BCUT2D eigenvalue weighted by Crippen LogP contribution is 2.35. The Bertz CT molecular complexity index is 1640. The van der Waals surface area contributed by atoms with Crippen molar-refractivity contribution >= 4 is 38.2 Å². The van der Waals surface area contributed by atoms with Crippen molar-refractivity contribution < 1.29 is 14.3 Å². The van der Waals surface area contributed by atoms with Crippen LogP contribution in [0.4, 0.5) is 0 Å². The van der Waals surface area contributed by atoms with Gasteiger partial charge in [0.25, 0.3) is 0 Å². The van der Waals surface area contributed by atoms with E-state index in [0.717, 1.165) is 50.6 Å². The first kappa shape index (κ1) is 27.0. The highest BCUT2D eigenvalue weighted by Gasteiger charge is 2.18. The van der Waals surface area contributed by atoms with Crippen LogP contribution in [-0.4, -0.2) is 68.7 Å². The molecule has 0 unspecified atom stereocenters. The Morgan fingerprint density at radius 3 is 2.64 bits per heavy atom. The van der Waals surface area contributed by atoms with E-state index in [1.54, 1.807) is 11.6 Å². The quantitative estimate of drug-likeness (QED) is 0.160. The molecule has 4 aromatic heterocycles. The molecule has 4 heterocycles. The Morgan fingerprint density at radius 1 is 1.05 bits per heavy atom. The predicted molar refractivity (Wildman–Crippen MR) is 160 cm³/mol. The Labute approximate surface area is 233 Å². The van der Waals surface area contributed by atoms with E-state index in [2.05, 4.69) is 34.8 Å². The molecule has 10 heteroatoms. The van der Waals surface area contributed by atoms with Gasteiger partial charge in [-0.15, -0.1) is 11.3 Å². The largest absolute Gasteiger partial charge is 0.464 e. The number of esters is 1. The number of pyridine rings is 2. The van der Waals surface area contributed by atoms with Gasteiger partial charge in [0, 0.05) is 39.5 Å². The third-order valence-corrected chi connectivity index (χ3v) is 8.42. The van der Waals surface area contributed by atoms with Crippen LogP contribution in [0.1, 0.15) is 16.2 Å². The molecule has 0 aliphatic carbocycles. The smallest absolute Gasteiger partial charge is 0.357 e. The van der Waals surface area contributed by atoms with Crippen LogP contribution < -0.4 is 0 Å². The second-order valence-electron chi connectivity index (χ2n) is 10.1. The zero-order valence-electron chi connectivity index (χ0n) is 22.7. The van der Waals surface area contributed by atoms with Gasteiger partial charge in [-0.3, -0.25) is 9.97 Å². The fourth-order valence-electron chi connectivity index (χ4n) is 4.11. The average molecular weight is 562 g/mol. The number of imidazole rings is 1. The molecule has 0 amide bonds. The number of nitrogens with zero attached hydrogens (tertiary/aromatic N) is 5. The fraction of sp³-hybridized carbons (Fsp3) is 0.276. The van der Waals surface area contributed by atoms with E-state index < -0.39 is 16.0 Å². The summed E-state index contributed by atoms with van der Waals surface area (Å²) in [6.07, 6.45) is 10.5. The molecule has 0 spiro atoms. The molecule has 0 fully saturated rings. The highest BCUT2D eigenvalue weighted by molar-refractivity contribution is 8.32. The van der Waals surface area contributed by atoms with Crippen molar-refractivity contribution in [1.29, 1.82) is 0 Å². The number of rotatable bonds is 9. The highest BCUT2D eigenvalue weighted by atomic mass is 32.3. The zero-order valence-corrected chi connectivity index (χ0v) is 24.3. The maximum atomic E-state index is 11.9. The summed E-state index contributed by atoms with van der Waals surface area (Å²) in [4.78, 5) is 30.5. The van der Waals surface area contributed by atoms with E-state index in [9.17, 15) is 4.79 Å². The molecule has 5 rings (SSSR count). The fourth-order valence-corrected chi connectivity index (χ4v) is 5.50. The first-order valence-corrected chi connectivity index (χ1v) is 16.3. The lowest BCUT2D eigenvalue weighted by atomic mass is 10.0. The van der Waals surface area contributed by atoms with Gasteiger partial charge in [-0.2, -0.15) is 0 Å².